The second-order valence-electron chi connectivity index (χ2n) is 8.80. The van der Waals surface area contributed by atoms with Crippen molar-refractivity contribution in [3.8, 4) is 0 Å². The van der Waals surface area contributed by atoms with Crippen LogP contribution in [0.15, 0.2) is 41.3 Å². The number of halogens is 1. The lowest BCUT2D eigenvalue weighted by Crippen LogP contribution is -2.43. The van der Waals surface area contributed by atoms with Gasteiger partial charge in [0, 0.05) is 55.8 Å². The summed E-state index contributed by atoms with van der Waals surface area (Å²) in [4.78, 5) is 37.2. The number of anilines is 2. The molecule has 2 saturated heterocycles. The minimum absolute atomic E-state index is 0. The summed E-state index contributed by atoms with van der Waals surface area (Å²) in [6.07, 6.45) is 2.02. The van der Waals surface area contributed by atoms with Gasteiger partial charge in [0.1, 0.15) is 5.69 Å². The number of morpholine rings is 2. The summed E-state index contributed by atoms with van der Waals surface area (Å²) in [7, 11) is 0. The molecule has 2 aliphatic heterocycles. The summed E-state index contributed by atoms with van der Waals surface area (Å²) in [5.74, 6) is -0.297. The lowest BCUT2D eigenvalue weighted by molar-refractivity contribution is -0.384. The van der Waals surface area contributed by atoms with Crippen LogP contribution in [0.25, 0.3) is 10.2 Å². The summed E-state index contributed by atoms with van der Waals surface area (Å²) < 4.78 is 11.8. The quantitative estimate of drug-likeness (QED) is 0.221. The van der Waals surface area contributed by atoms with Crippen molar-refractivity contribution in [2.24, 2.45) is 0 Å². The number of aromatic nitrogens is 1. The van der Waals surface area contributed by atoms with Crippen LogP contribution in [0.1, 0.15) is 10.4 Å². The molecule has 2 fully saturated rings. The summed E-state index contributed by atoms with van der Waals surface area (Å²) >= 11 is 3.12. The Hall–Kier alpha value is -2.48. The lowest BCUT2D eigenvalue weighted by atomic mass is 10.1. The topological polar surface area (TPSA) is 101 Å². The normalized spacial score (nSPS) is 16.3. The fourth-order valence-corrected chi connectivity index (χ4v) is 6.06. The van der Waals surface area contributed by atoms with Crippen LogP contribution in [0, 0.1) is 10.1 Å². The molecule has 3 aromatic rings. The van der Waals surface area contributed by atoms with Gasteiger partial charge in [0.25, 0.3) is 11.6 Å². The lowest BCUT2D eigenvalue weighted by Gasteiger charge is -2.30. The summed E-state index contributed by atoms with van der Waals surface area (Å²) in [6, 6.07) is 10.8. The maximum absolute atomic E-state index is 13.9. The third-order valence-corrected chi connectivity index (χ3v) is 8.34. The Balaban J connectivity index is 0.00000336. The fraction of sp³-hybridized carbons (Fsp3) is 0.440. The van der Waals surface area contributed by atoms with E-state index >= 15 is 0 Å². The molecular weight excluding hydrogens is 550 g/mol. The van der Waals surface area contributed by atoms with E-state index < -0.39 is 4.92 Å². The molecule has 3 heterocycles. The zero-order valence-corrected chi connectivity index (χ0v) is 23.5. The number of nitrogens with zero attached hydrogens (tertiary/aromatic N) is 5. The molecule has 0 spiro atoms. The first kappa shape index (κ1) is 28.5. The average molecular weight is 580 g/mol. The largest absolute Gasteiger partial charge is 0.379 e. The van der Waals surface area contributed by atoms with Crippen molar-refractivity contribution in [1.29, 1.82) is 0 Å². The highest BCUT2D eigenvalue weighted by Crippen LogP contribution is 2.34. The maximum atomic E-state index is 13.9. The van der Waals surface area contributed by atoms with Gasteiger partial charge in [0.15, 0.2) is 5.13 Å². The molecule has 1 aromatic heterocycles. The zero-order chi connectivity index (χ0) is 25.8. The van der Waals surface area contributed by atoms with E-state index in [2.05, 4.69) is 11.0 Å². The Labute approximate surface area is 235 Å². The van der Waals surface area contributed by atoms with Gasteiger partial charge in [-0.3, -0.25) is 24.7 Å². The molecule has 10 nitrogen and oxygen atoms in total. The Bertz CT molecular complexity index is 1280. The van der Waals surface area contributed by atoms with E-state index in [1.54, 1.807) is 28.8 Å². The SMILES string of the molecule is CSc1ccc2nc(N(CCN3CCOCC3)C(=O)c3ccc(N4CCOCC4)c([N+](=O)[O-])c3)sc2c1.Cl. The molecule has 0 saturated carbocycles. The van der Waals surface area contributed by atoms with E-state index in [-0.39, 0.29) is 29.6 Å². The number of nitro benzene ring substituents is 1. The van der Waals surface area contributed by atoms with Crippen LogP contribution in [0.4, 0.5) is 16.5 Å². The van der Waals surface area contributed by atoms with Crippen LogP contribution < -0.4 is 9.80 Å². The van der Waals surface area contributed by atoms with Crippen molar-refractivity contribution in [3.05, 3.63) is 52.1 Å². The average Bonchev–Trinajstić information content (AvgIpc) is 3.36. The minimum Gasteiger partial charge on any atom is -0.379 e. The van der Waals surface area contributed by atoms with E-state index in [0.717, 1.165) is 28.2 Å². The molecule has 1 amide bonds. The van der Waals surface area contributed by atoms with Crippen molar-refractivity contribution < 1.29 is 19.2 Å². The van der Waals surface area contributed by atoms with Crippen LogP contribution in [0.3, 0.4) is 0 Å². The molecule has 0 aliphatic carbocycles. The minimum atomic E-state index is -0.415. The highest BCUT2D eigenvalue weighted by Gasteiger charge is 2.27. The van der Waals surface area contributed by atoms with Crippen LogP contribution >= 0.6 is 35.5 Å². The van der Waals surface area contributed by atoms with E-state index in [9.17, 15) is 14.9 Å². The van der Waals surface area contributed by atoms with Crippen molar-refractivity contribution in [2.75, 3.05) is 81.8 Å². The van der Waals surface area contributed by atoms with Crippen molar-refractivity contribution in [3.63, 3.8) is 0 Å². The van der Waals surface area contributed by atoms with Crippen LogP contribution in [-0.4, -0.2) is 92.7 Å². The van der Waals surface area contributed by atoms with Crippen molar-refractivity contribution in [2.45, 2.75) is 4.90 Å². The second kappa shape index (κ2) is 13.0. The summed E-state index contributed by atoms with van der Waals surface area (Å²) in [6.45, 7) is 6.21. The van der Waals surface area contributed by atoms with Crippen LogP contribution in [0.5, 0.6) is 0 Å². The predicted octanol–water partition coefficient (Wildman–Crippen LogP) is 4.16. The number of hydrogen-bond acceptors (Lipinski definition) is 10. The molecule has 204 valence electrons. The van der Waals surface area contributed by atoms with Gasteiger partial charge in [0.05, 0.1) is 41.6 Å². The number of nitro groups is 1. The first-order valence-corrected chi connectivity index (χ1v) is 14.3. The van der Waals surface area contributed by atoms with Gasteiger partial charge in [-0.25, -0.2) is 4.98 Å². The fourth-order valence-electron chi connectivity index (χ4n) is 4.52. The first-order chi connectivity index (χ1) is 18.0. The monoisotopic (exact) mass is 579 g/mol. The third kappa shape index (κ3) is 6.38. The zero-order valence-electron chi connectivity index (χ0n) is 21.0. The van der Waals surface area contributed by atoms with Crippen molar-refractivity contribution >= 4 is 68.1 Å². The number of carbonyl (C=O) groups excluding carboxylic acids is 1. The number of rotatable bonds is 8. The third-order valence-electron chi connectivity index (χ3n) is 6.57. The summed E-state index contributed by atoms with van der Waals surface area (Å²) in [5.41, 5.74) is 1.54. The number of thioether (sulfide) groups is 1. The van der Waals surface area contributed by atoms with Gasteiger partial charge in [-0.15, -0.1) is 24.2 Å². The van der Waals surface area contributed by atoms with Gasteiger partial charge in [0.2, 0.25) is 0 Å². The smallest absolute Gasteiger partial charge is 0.293 e. The summed E-state index contributed by atoms with van der Waals surface area (Å²) in [5, 5.41) is 12.6. The van der Waals surface area contributed by atoms with Gasteiger partial charge < -0.3 is 14.4 Å². The highest BCUT2D eigenvalue weighted by atomic mass is 35.5. The Kier molecular flexibility index (Phi) is 9.80. The van der Waals surface area contributed by atoms with Crippen LogP contribution in [-0.2, 0) is 9.47 Å². The van der Waals surface area contributed by atoms with Gasteiger partial charge in [-0.1, -0.05) is 11.3 Å². The predicted molar refractivity (Wildman–Crippen MR) is 154 cm³/mol. The Morgan fingerprint density at radius 2 is 1.82 bits per heavy atom. The first-order valence-electron chi connectivity index (χ1n) is 12.2. The molecule has 0 radical (unpaired) electrons. The van der Waals surface area contributed by atoms with Crippen LogP contribution in [0.2, 0.25) is 0 Å². The van der Waals surface area contributed by atoms with Gasteiger partial charge in [-0.05, 0) is 36.6 Å². The maximum Gasteiger partial charge on any atom is 0.293 e. The standard InChI is InChI=1S/C25H29N5O5S2.ClH/c1-36-19-3-4-20-23(17-19)37-25(26-20)29(7-6-27-8-12-34-13-9-27)24(31)18-2-5-21(22(16-18)30(32)33)28-10-14-35-15-11-28;/h2-5,16-17H,6-15H2,1H3;1H. The molecule has 13 heteroatoms. The van der Waals surface area contributed by atoms with E-state index in [1.165, 1.54) is 17.4 Å². The number of amides is 1. The number of ether oxygens (including phenoxy) is 2. The number of thiazole rings is 1. The Morgan fingerprint density at radius 1 is 1.11 bits per heavy atom. The molecule has 0 atom stereocenters. The van der Waals surface area contributed by atoms with E-state index in [0.29, 0.717) is 63.4 Å². The number of hydrogen-bond donors (Lipinski definition) is 0. The van der Waals surface area contributed by atoms with Gasteiger partial charge >= 0.3 is 0 Å². The molecule has 38 heavy (non-hydrogen) atoms. The molecule has 0 unspecified atom stereocenters. The van der Waals surface area contributed by atoms with E-state index in [1.807, 2.05) is 23.3 Å². The number of benzene rings is 2. The molecular formula is C25H30ClN5O5S2. The molecule has 0 bridgehead atoms. The highest BCUT2D eigenvalue weighted by molar-refractivity contribution is 7.98. The van der Waals surface area contributed by atoms with Crippen molar-refractivity contribution in [1.82, 2.24) is 9.88 Å². The molecule has 2 aliphatic rings. The number of carbonyl (C=O) groups is 1. The molecule has 0 N–H and O–H groups in total. The second-order valence-corrected chi connectivity index (χ2v) is 10.7. The van der Waals surface area contributed by atoms with E-state index in [4.69, 9.17) is 14.5 Å². The molecule has 5 rings (SSSR count). The Morgan fingerprint density at radius 3 is 2.50 bits per heavy atom. The van der Waals surface area contributed by atoms with Gasteiger partial charge in [-0.2, -0.15) is 0 Å². The molecule has 2 aromatic carbocycles. The number of fused-ring (bicyclic) bond motifs is 1.